The van der Waals surface area contributed by atoms with E-state index < -0.39 is 12.1 Å². The lowest BCUT2D eigenvalue weighted by Crippen LogP contribution is -2.46. The van der Waals surface area contributed by atoms with Crippen molar-refractivity contribution in [3.63, 3.8) is 0 Å². The van der Waals surface area contributed by atoms with Crippen molar-refractivity contribution in [2.75, 3.05) is 25.1 Å². The van der Waals surface area contributed by atoms with Crippen molar-refractivity contribution in [1.82, 2.24) is 10.6 Å². The van der Waals surface area contributed by atoms with Gasteiger partial charge in [-0.1, -0.05) is 6.42 Å². The molecule has 124 valence electrons. The van der Waals surface area contributed by atoms with Crippen molar-refractivity contribution in [2.24, 2.45) is 10.9 Å². The minimum atomic E-state index is -4.08. The summed E-state index contributed by atoms with van der Waals surface area (Å²) < 4.78 is 38.4. The number of rotatable bonds is 6. The number of nitrogens with one attached hydrogen (secondary N) is 2. The maximum Gasteiger partial charge on any atom is 0.391 e. The molecule has 0 bridgehead atoms. The van der Waals surface area contributed by atoms with Crippen LogP contribution in [-0.4, -0.2) is 43.3 Å². The van der Waals surface area contributed by atoms with Gasteiger partial charge in [-0.2, -0.15) is 24.9 Å². The first-order valence-corrected chi connectivity index (χ1v) is 8.97. The molecule has 21 heavy (non-hydrogen) atoms. The average molecular weight is 325 g/mol. The maximum absolute atomic E-state index is 12.8. The number of hydrogen-bond donors (Lipinski definition) is 2. The molecule has 2 atom stereocenters. The van der Waals surface area contributed by atoms with Gasteiger partial charge in [-0.15, -0.1) is 0 Å². The van der Waals surface area contributed by atoms with Crippen LogP contribution in [0.15, 0.2) is 4.99 Å². The summed E-state index contributed by atoms with van der Waals surface area (Å²) in [6.45, 7) is 3.37. The molecule has 2 unspecified atom stereocenters. The first kappa shape index (κ1) is 18.5. The van der Waals surface area contributed by atoms with E-state index in [0.29, 0.717) is 25.5 Å². The third-order valence-electron chi connectivity index (χ3n) is 3.60. The largest absolute Gasteiger partial charge is 0.391 e. The first-order chi connectivity index (χ1) is 9.97. The van der Waals surface area contributed by atoms with Gasteiger partial charge in [-0.3, -0.25) is 4.99 Å². The Morgan fingerprint density at radius 2 is 2.10 bits per heavy atom. The minimum Gasteiger partial charge on any atom is -0.357 e. The molecule has 2 N–H and O–H groups in total. The molecule has 0 aromatic rings. The third kappa shape index (κ3) is 7.29. The SMILES string of the molecule is CCNC(=NCCCSC)NC1CCCC(C(F)(F)F)C1. The minimum absolute atomic E-state index is 0.135. The van der Waals surface area contributed by atoms with Crippen LogP contribution in [-0.2, 0) is 0 Å². The Bertz CT molecular complexity index is 321. The van der Waals surface area contributed by atoms with Crippen molar-refractivity contribution in [3.8, 4) is 0 Å². The van der Waals surface area contributed by atoms with Gasteiger partial charge >= 0.3 is 6.18 Å². The van der Waals surface area contributed by atoms with Crippen LogP contribution >= 0.6 is 11.8 Å². The molecule has 7 heteroatoms. The predicted octanol–water partition coefficient (Wildman–Crippen LogP) is 3.42. The van der Waals surface area contributed by atoms with E-state index in [-0.39, 0.29) is 18.9 Å². The molecule has 0 aliphatic heterocycles. The summed E-state index contributed by atoms with van der Waals surface area (Å²) in [7, 11) is 0. The summed E-state index contributed by atoms with van der Waals surface area (Å²) in [5.74, 6) is 0.511. The Labute approximate surface area is 129 Å². The number of nitrogens with zero attached hydrogens (tertiary/aromatic N) is 1. The van der Waals surface area contributed by atoms with Gasteiger partial charge in [0.05, 0.1) is 5.92 Å². The number of alkyl halides is 3. The Balaban J connectivity index is 2.49. The summed E-state index contributed by atoms with van der Waals surface area (Å²) >= 11 is 1.77. The Morgan fingerprint density at radius 1 is 1.33 bits per heavy atom. The molecule has 1 saturated carbocycles. The fraction of sp³-hybridized carbons (Fsp3) is 0.929. The zero-order valence-electron chi connectivity index (χ0n) is 12.8. The van der Waals surface area contributed by atoms with E-state index in [1.54, 1.807) is 11.8 Å². The molecular formula is C14H26F3N3S. The van der Waals surface area contributed by atoms with Gasteiger partial charge in [0.25, 0.3) is 0 Å². The Hall–Kier alpha value is -0.590. The van der Waals surface area contributed by atoms with Crippen LogP contribution in [0.1, 0.15) is 39.0 Å². The summed E-state index contributed by atoms with van der Waals surface area (Å²) in [5, 5.41) is 6.28. The topological polar surface area (TPSA) is 36.4 Å². The first-order valence-electron chi connectivity index (χ1n) is 7.57. The van der Waals surface area contributed by atoms with Crippen molar-refractivity contribution in [1.29, 1.82) is 0 Å². The van der Waals surface area contributed by atoms with E-state index in [0.717, 1.165) is 18.6 Å². The highest BCUT2D eigenvalue weighted by atomic mass is 32.2. The van der Waals surface area contributed by atoms with Crippen LogP contribution in [0, 0.1) is 5.92 Å². The highest BCUT2D eigenvalue weighted by molar-refractivity contribution is 7.98. The number of halogens is 3. The van der Waals surface area contributed by atoms with Crippen LogP contribution in [0.3, 0.4) is 0 Å². The van der Waals surface area contributed by atoms with E-state index in [4.69, 9.17) is 0 Å². The normalized spacial score (nSPS) is 24.0. The lowest BCUT2D eigenvalue weighted by molar-refractivity contribution is -0.183. The number of hydrogen-bond acceptors (Lipinski definition) is 2. The highest BCUT2D eigenvalue weighted by Crippen LogP contribution is 2.37. The second-order valence-electron chi connectivity index (χ2n) is 5.35. The quantitative estimate of drug-likeness (QED) is 0.446. The summed E-state index contributed by atoms with van der Waals surface area (Å²) in [4.78, 5) is 4.43. The van der Waals surface area contributed by atoms with Gasteiger partial charge in [0.15, 0.2) is 5.96 Å². The molecule has 0 radical (unpaired) electrons. The van der Waals surface area contributed by atoms with Gasteiger partial charge in [0.1, 0.15) is 0 Å². The highest BCUT2D eigenvalue weighted by Gasteiger charge is 2.42. The Kier molecular flexibility index (Phi) is 8.29. The molecule has 1 fully saturated rings. The van der Waals surface area contributed by atoms with Crippen LogP contribution in [0.2, 0.25) is 0 Å². The molecule has 0 amide bonds. The van der Waals surface area contributed by atoms with Crippen molar-refractivity contribution >= 4 is 17.7 Å². The second kappa shape index (κ2) is 9.43. The molecule has 1 aliphatic rings. The molecule has 0 heterocycles. The molecule has 1 rings (SSSR count). The summed E-state index contributed by atoms with van der Waals surface area (Å²) in [5.41, 5.74) is 0. The van der Waals surface area contributed by atoms with E-state index >= 15 is 0 Å². The van der Waals surface area contributed by atoms with Crippen molar-refractivity contribution < 1.29 is 13.2 Å². The van der Waals surface area contributed by atoms with Gasteiger partial charge in [0.2, 0.25) is 0 Å². The number of thioether (sulfide) groups is 1. The van der Waals surface area contributed by atoms with Crippen molar-refractivity contribution in [2.45, 2.75) is 51.2 Å². The van der Waals surface area contributed by atoms with E-state index in [1.165, 1.54) is 0 Å². The summed E-state index contributed by atoms with van der Waals surface area (Å²) in [6.07, 6.45) is 0.756. The molecule has 0 saturated heterocycles. The van der Waals surface area contributed by atoms with Crippen LogP contribution < -0.4 is 10.6 Å². The van der Waals surface area contributed by atoms with Gasteiger partial charge in [0, 0.05) is 19.1 Å². The molecule has 3 nitrogen and oxygen atoms in total. The number of aliphatic imine (C=N–C) groups is 1. The zero-order chi connectivity index (χ0) is 15.7. The van der Waals surface area contributed by atoms with Gasteiger partial charge in [-0.25, -0.2) is 0 Å². The monoisotopic (exact) mass is 325 g/mol. The smallest absolute Gasteiger partial charge is 0.357 e. The third-order valence-corrected chi connectivity index (χ3v) is 4.30. The Morgan fingerprint density at radius 3 is 2.71 bits per heavy atom. The maximum atomic E-state index is 12.8. The van der Waals surface area contributed by atoms with E-state index in [9.17, 15) is 13.2 Å². The molecule has 0 aromatic carbocycles. The van der Waals surface area contributed by atoms with Gasteiger partial charge in [-0.05, 0) is 44.6 Å². The summed E-state index contributed by atoms with van der Waals surface area (Å²) in [6, 6.07) is -0.135. The van der Waals surface area contributed by atoms with Crippen molar-refractivity contribution in [3.05, 3.63) is 0 Å². The molecule has 0 spiro atoms. The average Bonchev–Trinajstić information content (AvgIpc) is 2.43. The van der Waals surface area contributed by atoms with Gasteiger partial charge < -0.3 is 10.6 Å². The molecular weight excluding hydrogens is 299 g/mol. The molecule has 0 aromatic heterocycles. The second-order valence-corrected chi connectivity index (χ2v) is 6.34. The van der Waals surface area contributed by atoms with Crippen LogP contribution in [0.5, 0.6) is 0 Å². The van der Waals surface area contributed by atoms with Crippen LogP contribution in [0.25, 0.3) is 0 Å². The van der Waals surface area contributed by atoms with E-state index in [2.05, 4.69) is 15.6 Å². The molecule has 1 aliphatic carbocycles. The lowest BCUT2D eigenvalue weighted by Gasteiger charge is -2.31. The van der Waals surface area contributed by atoms with E-state index in [1.807, 2.05) is 13.2 Å². The predicted molar refractivity (Wildman–Crippen MR) is 83.9 cm³/mol. The fourth-order valence-corrected chi connectivity index (χ4v) is 2.95. The lowest BCUT2D eigenvalue weighted by atomic mass is 9.85. The number of guanidine groups is 1. The zero-order valence-corrected chi connectivity index (χ0v) is 13.6. The fourth-order valence-electron chi connectivity index (χ4n) is 2.53. The standard InChI is InChI=1S/C14H26F3N3S/c1-3-18-13(19-8-5-9-21-2)20-12-7-4-6-11(10-12)14(15,16)17/h11-12H,3-10H2,1-2H3,(H2,18,19,20). The van der Waals surface area contributed by atoms with Crippen LogP contribution in [0.4, 0.5) is 13.2 Å².